The van der Waals surface area contributed by atoms with Gasteiger partial charge in [-0.25, -0.2) is 0 Å². The third-order valence-corrected chi connectivity index (χ3v) is 6.14. The van der Waals surface area contributed by atoms with Gasteiger partial charge in [-0.15, -0.1) is 10.2 Å². The molecule has 1 amide bonds. The maximum atomic E-state index is 12.3. The number of hydrogen-bond acceptors (Lipinski definition) is 9. The lowest BCUT2D eigenvalue weighted by Crippen LogP contribution is -2.28. The molecule has 10 heteroatoms. The van der Waals surface area contributed by atoms with E-state index in [4.69, 9.17) is 14.2 Å². The van der Waals surface area contributed by atoms with Crippen molar-refractivity contribution in [1.82, 2.24) is 15.5 Å². The highest BCUT2D eigenvalue weighted by atomic mass is 32.2. The third kappa shape index (κ3) is 6.76. The predicted molar refractivity (Wildman–Crippen MR) is 114 cm³/mol. The number of hydrogen-bond donors (Lipinski definition) is 2. The molecule has 29 heavy (non-hydrogen) atoms. The van der Waals surface area contributed by atoms with Gasteiger partial charge >= 0.3 is 0 Å². The first kappa shape index (κ1) is 21.7. The van der Waals surface area contributed by atoms with E-state index < -0.39 is 0 Å². The summed E-state index contributed by atoms with van der Waals surface area (Å²) in [5.41, 5.74) is 0.974. The fourth-order valence-corrected chi connectivity index (χ4v) is 4.27. The number of amides is 1. The second kappa shape index (κ2) is 11.2. The number of fused-ring (bicyclic) bond motifs is 1. The molecule has 3 rings (SSSR count). The number of rotatable bonds is 11. The molecule has 0 aliphatic carbocycles. The zero-order valence-electron chi connectivity index (χ0n) is 16.6. The molecular formula is C19H26N4O4S2. The normalized spacial score (nSPS) is 13.7. The summed E-state index contributed by atoms with van der Waals surface area (Å²) >= 11 is 2.83. The Morgan fingerprint density at radius 2 is 2.14 bits per heavy atom. The van der Waals surface area contributed by atoms with Crippen LogP contribution in [0.15, 0.2) is 22.5 Å². The first-order valence-corrected chi connectivity index (χ1v) is 11.4. The van der Waals surface area contributed by atoms with Crippen LogP contribution in [0, 0.1) is 0 Å². The minimum Gasteiger partial charge on any atom is -0.486 e. The average molecular weight is 439 g/mol. The highest BCUT2D eigenvalue weighted by molar-refractivity contribution is 8.01. The minimum atomic E-state index is -0.129. The van der Waals surface area contributed by atoms with Crippen LogP contribution in [0.4, 0.5) is 5.13 Å². The Morgan fingerprint density at radius 3 is 2.97 bits per heavy atom. The van der Waals surface area contributed by atoms with Crippen LogP contribution in [0.1, 0.15) is 31.9 Å². The molecule has 2 heterocycles. The van der Waals surface area contributed by atoms with Gasteiger partial charge in [-0.2, -0.15) is 0 Å². The number of aromatic nitrogens is 2. The lowest BCUT2D eigenvalue weighted by molar-refractivity contribution is -0.119. The van der Waals surface area contributed by atoms with E-state index >= 15 is 0 Å². The standard InChI is InChI=1S/C19H26N4O4S2/c1-3-25-8-4-7-20-18-22-23-19(29-18)28-12-17(24)21-13(2)14-5-6-15-16(11-14)27-10-9-26-15/h5-6,11,13H,3-4,7-10,12H2,1-2H3,(H,20,22)(H,21,24). The quantitative estimate of drug-likeness (QED) is 0.408. The summed E-state index contributed by atoms with van der Waals surface area (Å²) in [6.45, 7) is 7.27. The monoisotopic (exact) mass is 438 g/mol. The first-order chi connectivity index (χ1) is 14.2. The van der Waals surface area contributed by atoms with Gasteiger partial charge in [-0.1, -0.05) is 29.2 Å². The van der Waals surface area contributed by atoms with Gasteiger partial charge in [0.15, 0.2) is 15.8 Å². The van der Waals surface area contributed by atoms with Crippen molar-refractivity contribution in [3.63, 3.8) is 0 Å². The van der Waals surface area contributed by atoms with Gasteiger partial charge in [0.05, 0.1) is 11.8 Å². The van der Waals surface area contributed by atoms with Gasteiger partial charge in [0.25, 0.3) is 0 Å². The Bertz CT molecular complexity index is 802. The number of carbonyl (C=O) groups excluding carboxylic acids is 1. The van der Waals surface area contributed by atoms with Crippen molar-refractivity contribution in [3.8, 4) is 11.5 Å². The Morgan fingerprint density at radius 1 is 1.31 bits per heavy atom. The van der Waals surface area contributed by atoms with Crippen LogP contribution in [0.5, 0.6) is 11.5 Å². The van der Waals surface area contributed by atoms with Gasteiger partial charge in [0.2, 0.25) is 11.0 Å². The van der Waals surface area contributed by atoms with Crippen molar-refractivity contribution in [2.75, 3.05) is 44.0 Å². The van der Waals surface area contributed by atoms with E-state index in [9.17, 15) is 4.79 Å². The minimum absolute atomic E-state index is 0.0567. The van der Waals surface area contributed by atoms with E-state index in [0.29, 0.717) is 13.2 Å². The third-order valence-electron chi connectivity index (χ3n) is 4.12. The topological polar surface area (TPSA) is 94.6 Å². The molecule has 0 radical (unpaired) electrons. The van der Waals surface area contributed by atoms with Gasteiger partial charge in [-0.3, -0.25) is 4.79 Å². The molecule has 0 fully saturated rings. The zero-order valence-corrected chi connectivity index (χ0v) is 18.2. The Kier molecular flexibility index (Phi) is 8.38. The predicted octanol–water partition coefficient (Wildman–Crippen LogP) is 3.12. The second-order valence-corrected chi connectivity index (χ2v) is 8.53. The highest BCUT2D eigenvalue weighted by Crippen LogP contribution is 2.32. The number of carbonyl (C=O) groups is 1. The lowest BCUT2D eigenvalue weighted by Gasteiger charge is -2.21. The summed E-state index contributed by atoms with van der Waals surface area (Å²) in [5, 5.41) is 15.2. The van der Waals surface area contributed by atoms with Crippen LogP contribution in [0.25, 0.3) is 0 Å². The molecule has 1 unspecified atom stereocenters. The molecule has 0 saturated carbocycles. The maximum absolute atomic E-state index is 12.3. The van der Waals surface area contributed by atoms with E-state index in [1.54, 1.807) is 0 Å². The second-order valence-electron chi connectivity index (χ2n) is 6.33. The van der Waals surface area contributed by atoms with E-state index in [1.807, 2.05) is 32.0 Å². The van der Waals surface area contributed by atoms with Crippen molar-refractivity contribution in [2.24, 2.45) is 0 Å². The molecule has 0 bridgehead atoms. The number of benzene rings is 1. The Balaban J connectivity index is 1.40. The number of anilines is 1. The lowest BCUT2D eigenvalue weighted by atomic mass is 10.1. The fraction of sp³-hybridized carbons (Fsp3) is 0.526. The molecule has 1 aromatic carbocycles. The molecular weight excluding hydrogens is 412 g/mol. The molecule has 1 aromatic heterocycles. The molecule has 1 aliphatic heterocycles. The molecule has 1 aliphatic rings. The zero-order chi connectivity index (χ0) is 20.5. The van der Waals surface area contributed by atoms with Crippen molar-refractivity contribution in [3.05, 3.63) is 23.8 Å². The van der Waals surface area contributed by atoms with E-state index in [2.05, 4.69) is 20.8 Å². The number of thioether (sulfide) groups is 1. The summed E-state index contributed by atoms with van der Waals surface area (Å²) in [4.78, 5) is 12.3. The van der Waals surface area contributed by atoms with Crippen LogP contribution in [-0.2, 0) is 9.53 Å². The molecule has 2 aromatic rings. The van der Waals surface area contributed by atoms with Crippen LogP contribution < -0.4 is 20.1 Å². The first-order valence-electron chi connectivity index (χ1n) is 9.62. The summed E-state index contributed by atoms with van der Waals surface area (Å²) in [6, 6.07) is 5.61. The molecule has 1 atom stereocenters. The van der Waals surface area contributed by atoms with Gasteiger partial charge < -0.3 is 24.8 Å². The summed E-state index contributed by atoms with van der Waals surface area (Å²) in [7, 11) is 0. The van der Waals surface area contributed by atoms with Crippen LogP contribution in [0.2, 0.25) is 0 Å². The number of nitrogens with one attached hydrogen (secondary N) is 2. The maximum Gasteiger partial charge on any atom is 0.230 e. The van der Waals surface area contributed by atoms with Crippen molar-refractivity contribution < 1.29 is 19.0 Å². The van der Waals surface area contributed by atoms with Crippen molar-refractivity contribution >= 4 is 34.1 Å². The fourth-order valence-electron chi connectivity index (χ4n) is 2.68. The van der Waals surface area contributed by atoms with Crippen LogP contribution >= 0.6 is 23.1 Å². The van der Waals surface area contributed by atoms with Crippen LogP contribution in [0.3, 0.4) is 0 Å². The highest BCUT2D eigenvalue weighted by Gasteiger charge is 2.16. The van der Waals surface area contributed by atoms with Gasteiger partial charge in [0.1, 0.15) is 13.2 Å². The summed E-state index contributed by atoms with van der Waals surface area (Å²) in [5.74, 6) is 1.69. The van der Waals surface area contributed by atoms with E-state index in [0.717, 1.165) is 52.7 Å². The Labute approximate surface area is 178 Å². The van der Waals surface area contributed by atoms with Crippen LogP contribution in [-0.4, -0.2) is 54.8 Å². The van der Waals surface area contributed by atoms with Crippen molar-refractivity contribution in [1.29, 1.82) is 0 Å². The molecule has 8 nitrogen and oxygen atoms in total. The largest absolute Gasteiger partial charge is 0.486 e. The molecule has 0 spiro atoms. The molecule has 2 N–H and O–H groups in total. The molecule has 158 valence electrons. The summed E-state index contributed by atoms with van der Waals surface area (Å²) < 4.78 is 17.2. The smallest absolute Gasteiger partial charge is 0.230 e. The molecule has 0 saturated heterocycles. The SMILES string of the molecule is CCOCCCNc1nnc(SCC(=O)NC(C)c2ccc3c(c2)OCCO3)s1. The Hall–Kier alpha value is -2.04. The van der Waals surface area contributed by atoms with E-state index in [-0.39, 0.29) is 17.7 Å². The number of nitrogens with zero attached hydrogens (tertiary/aromatic N) is 2. The average Bonchev–Trinajstić information content (AvgIpc) is 3.19. The van der Waals surface area contributed by atoms with Crippen molar-refractivity contribution in [2.45, 2.75) is 30.6 Å². The summed E-state index contributed by atoms with van der Waals surface area (Å²) in [6.07, 6.45) is 0.913. The van der Waals surface area contributed by atoms with Gasteiger partial charge in [-0.05, 0) is 38.0 Å². The number of ether oxygens (including phenoxy) is 3. The van der Waals surface area contributed by atoms with Gasteiger partial charge in [0, 0.05) is 19.8 Å². The van der Waals surface area contributed by atoms with E-state index in [1.165, 1.54) is 23.1 Å².